The SMILES string of the molecule is CC(C)Cc1ccc(S(=O)(=O)NC(C)(CN)C2CC2)cc1.Cl. The van der Waals surface area contributed by atoms with Crippen LogP contribution in [0.5, 0.6) is 0 Å². The summed E-state index contributed by atoms with van der Waals surface area (Å²) in [7, 11) is -3.51. The average molecular weight is 347 g/mol. The molecule has 1 fully saturated rings. The molecule has 126 valence electrons. The van der Waals surface area contributed by atoms with Gasteiger partial charge in [-0.25, -0.2) is 13.1 Å². The van der Waals surface area contributed by atoms with Crippen LogP contribution in [0.25, 0.3) is 0 Å². The third-order valence-corrected chi connectivity index (χ3v) is 5.78. The van der Waals surface area contributed by atoms with Crippen LogP contribution in [0, 0.1) is 11.8 Å². The Morgan fingerprint density at radius 3 is 2.23 bits per heavy atom. The maximum absolute atomic E-state index is 12.5. The summed E-state index contributed by atoms with van der Waals surface area (Å²) < 4.78 is 27.8. The van der Waals surface area contributed by atoms with Crippen molar-refractivity contribution in [1.29, 1.82) is 0 Å². The third-order valence-electron chi connectivity index (χ3n) is 4.15. The van der Waals surface area contributed by atoms with Crippen molar-refractivity contribution in [2.24, 2.45) is 17.6 Å². The highest BCUT2D eigenvalue weighted by molar-refractivity contribution is 7.89. The molecule has 1 aliphatic carbocycles. The summed E-state index contributed by atoms with van der Waals surface area (Å²) in [5.41, 5.74) is 6.41. The summed E-state index contributed by atoms with van der Waals surface area (Å²) >= 11 is 0. The molecule has 1 unspecified atom stereocenters. The van der Waals surface area contributed by atoms with Crippen molar-refractivity contribution in [2.45, 2.75) is 50.5 Å². The third kappa shape index (κ3) is 4.69. The first-order valence-corrected chi connectivity index (χ1v) is 9.08. The second-order valence-corrected chi connectivity index (χ2v) is 8.43. The average Bonchev–Trinajstić information content (AvgIpc) is 3.22. The molecule has 3 N–H and O–H groups in total. The van der Waals surface area contributed by atoms with Crippen LogP contribution in [0.15, 0.2) is 29.2 Å². The van der Waals surface area contributed by atoms with Gasteiger partial charge >= 0.3 is 0 Å². The topological polar surface area (TPSA) is 72.2 Å². The molecule has 6 heteroatoms. The zero-order chi connectivity index (χ0) is 15.7. The Morgan fingerprint density at radius 1 is 1.27 bits per heavy atom. The Balaban J connectivity index is 0.00000242. The van der Waals surface area contributed by atoms with E-state index in [0.29, 0.717) is 23.3 Å². The molecule has 0 aromatic heterocycles. The Bertz CT molecular complexity index is 583. The summed E-state index contributed by atoms with van der Waals surface area (Å²) in [5, 5.41) is 0. The van der Waals surface area contributed by atoms with Gasteiger partial charge in [-0.15, -0.1) is 12.4 Å². The predicted molar refractivity (Wildman–Crippen MR) is 92.7 cm³/mol. The number of hydrogen-bond donors (Lipinski definition) is 2. The maximum atomic E-state index is 12.5. The van der Waals surface area contributed by atoms with Gasteiger partial charge in [-0.3, -0.25) is 0 Å². The van der Waals surface area contributed by atoms with Crippen molar-refractivity contribution in [2.75, 3.05) is 6.54 Å². The Labute approximate surface area is 140 Å². The molecule has 1 aromatic rings. The minimum absolute atomic E-state index is 0. The smallest absolute Gasteiger partial charge is 0.241 e. The molecule has 0 spiro atoms. The molecule has 0 amide bonds. The van der Waals surface area contributed by atoms with Gasteiger partial charge in [0.15, 0.2) is 0 Å². The molecule has 0 saturated heterocycles. The van der Waals surface area contributed by atoms with Gasteiger partial charge < -0.3 is 5.73 Å². The number of rotatable bonds is 7. The fraction of sp³-hybridized carbons (Fsp3) is 0.625. The fourth-order valence-corrected chi connectivity index (χ4v) is 4.13. The summed E-state index contributed by atoms with van der Waals surface area (Å²) in [5.74, 6) is 0.915. The molecule has 0 radical (unpaired) electrons. The monoisotopic (exact) mass is 346 g/mol. The quantitative estimate of drug-likeness (QED) is 0.797. The van der Waals surface area contributed by atoms with E-state index in [0.717, 1.165) is 24.8 Å². The lowest BCUT2D eigenvalue weighted by molar-refractivity contribution is 0.374. The van der Waals surface area contributed by atoms with E-state index < -0.39 is 15.6 Å². The molecule has 0 aliphatic heterocycles. The summed E-state index contributed by atoms with van der Waals surface area (Å²) in [4.78, 5) is 0.315. The highest BCUT2D eigenvalue weighted by atomic mass is 35.5. The molecule has 4 nitrogen and oxygen atoms in total. The van der Waals surface area contributed by atoms with E-state index in [9.17, 15) is 8.42 Å². The van der Waals surface area contributed by atoms with Gasteiger partial charge in [0.2, 0.25) is 10.0 Å². The molecule has 1 atom stereocenters. The molecule has 1 aliphatic rings. The maximum Gasteiger partial charge on any atom is 0.241 e. The van der Waals surface area contributed by atoms with Gasteiger partial charge in [-0.1, -0.05) is 26.0 Å². The van der Waals surface area contributed by atoms with E-state index in [1.807, 2.05) is 19.1 Å². The Morgan fingerprint density at radius 2 is 1.82 bits per heavy atom. The molecular weight excluding hydrogens is 320 g/mol. The molecule has 22 heavy (non-hydrogen) atoms. The first-order valence-electron chi connectivity index (χ1n) is 7.60. The van der Waals surface area contributed by atoms with E-state index in [4.69, 9.17) is 5.73 Å². The molecule has 1 aromatic carbocycles. The first-order chi connectivity index (χ1) is 9.77. The lowest BCUT2D eigenvalue weighted by Gasteiger charge is -2.29. The number of nitrogens with two attached hydrogens (primary N) is 1. The van der Waals surface area contributed by atoms with Crippen molar-refractivity contribution in [3.8, 4) is 0 Å². The van der Waals surface area contributed by atoms with Crippen molar-refractivity contribution in [3.63, 3.8) is 0 Å². The van der Waals surface area contributed by atoms with Crippen molar-refractivity contribution in [1.82, 2.24) is 4.72 Å². The van der Waals surface area contributed by atoms with Gasteiger partial charge in [0.05, 0.1) is 4.90 Å². The second kappa shape index (κ2) is 7.30. The molecule has 0 bridgehead atoms. The van der Waals surface area contributed by atoms with Gasteiger partial charge in [-0.2, -0.15) is 0 Å². The molecule has 1 saturated carbocycles. The van der Waals surface area contributed by atoms with Crippen LogP contribution in [0.2, 0.25) is 0 Å². The zero-order valence-electron chi connectivity index (χ0n) is 13.5. The Kier molecular flexibility index (Phi) is 6.45. The van der Waals surface area contributed by atoms with Crippen LogP contribution in [-0.4, -0.2) is 20.5 Å². The van der Waals surface area contributed by atoms with Gasteiger partial charge in [0.25, 0.3) is 0 Å². The highest BCUT2D eigenvalue weighted by Crippen LogP contribution is 2.39. The summed E-state index contributed by atoms with van der Waals surface area (Å²) in [6.45, 7) is 6.51. The van der Waals surface area contributed by atoms with Crippen molar-refractivity contribution < 1.29 is 8.42 Å². The van der Waals surface area contributed by atoms with E-state index in [1.165, 1.54) is 0 Å². The van der Waals surface area contributed by atoms with Crippen LogP contribution < -0.4 is 10.5 Å². The normalized spacial score (nSPS) is 17.9. The summed E-state index contributed by atoms with van der Waals surface area (Å²) in [6, 6.07) is 7.16. The van der Waals surface area contributed by atoms with Gasteiger partial charge in [0.1, 0.15) is 0 Å². The van der Waals surface area contributed by atoms with Crippen LogP contribution in [0.4, 0.5) is 0 Å². The fourth-order valence-electron chi connectivity index (χ4n) is 2.65. The van der Waals surface area contributed by atoms with E-state index >= 15 is 0 Å². The van der Waals surface area contributed by atoms with Gasteiger partial charge in [-0.05, 0) is 55.7 Å². The molecule has 2 rings (SSSR count). The number of sulfonamides is 1. The number of halogens is 1. The summed E-state index contributed by atoms with van der Waals surface area (Å²) in [6.07, 6.45) is 3.05. The highest BCUT2D eigenvalue weighted by Gasteiger charge is 2.43. The van der Waals surface area contributed by atoms with E-state index in [-0.39, 0.29) is 12.4 Å². The minimum atomic E-state index is -3.51. The number of benzene rings is 1. The van der Waals surface area contributed by atoms with E-state index in [1.54, 1.807) is 12.1 Å². The largest absolute Gasteiger partial charge is 0.329 e. The van der Waals surface area contributed by atoms with Crippen LogP contribution in [0.3, 0.4) is 0 Å². The predicted octanol–water partition coefficient (Wildman–Crippen LogP) is 2.71. The van der Waals surface area contributed by atoms with Crippen LogP contribution in [-0.2, 0) is 16.4 Å². The second-order valence-electron chi connectivity index (χ2n) is 6.74. The lowest BCUT2D eigenvalue weighted by atomic mass is 9.98. The van der Waals surface area contributed by atoms with Crippen LogP contribution >= 0.6 is 12.4 Å². The lowest BCUT2D eigenvalue weighted by Crippen LogP contribution is -2.52. The van der Waals surface area contributed by atoms with Crippen molar-refractivity contribution in [3.05, 3.63) is 29.8 Å². The minimum Gasteiger partial charge on any atom is -0.329 e. The molecular formula is C16H27ClN2O2S. The van der Waals surface area contributed by atoms with Crippen LogP contribution in [0.1, 0.15) is 39.2 Å². The number of hydrogen-bond acceptors (Lipinski definition) is 3. The van der Waals surface area contributed by atoms with E-state index in [2.05, 4.69) is 18.6 Å². The van der Waals surface area contributed by atoms with Gasteiger partial charge in [0, 0.05) is 12.1 Å². The standard InChI is InChI=1S/C16H26N2O2S.ClH/c1-12(2)10-13-4-8-15(9-5-13)21(19,20)18-16(3,11-17)14-6-7-14;/h4-5,8-9,12,14,18H,6-7,10-11,17H2,1-3H3;1H. The molecule has 0 heterocycles. The Hall–Kier alpha value is -0.620. The first kappa shape index (κ1) is 19.4. The zero-order valence-corrected chi connectivity index (χ0v) is 15.1. The van der Waals surface area contributed by atoms with Crippen molar-refractivity contribution >= 4 is 22.4 Å². The number of nitrogens with one attached hydrogen (secondary N) is 1.